The number of halogens is 1. The number of oxime groups is 1. The molecule has 0 aromatic heterocycles. The molecule has 5 heteroatoms. The Morgan fingerprint density at radius 3 is 2.20 bits per heavy atom. The van der Waals surface area contributed by atoms with Gasteiger partial charge < -0.3 is 15.4 Å². The number of nitrogens with one attached hydrogen (secondary N) is 1. The summed E-state index contributed by atoms with van der Waals surface area (Å²) in [5.41, 5.74) is 4.32. The molecule has 1 fully saturated rings. The summed E-state index contributed by atoms with van der Waals surface area (Å²) in [6.07, 6.45) is 0.686. The maximum Gasteiger partial charge on any atom is 0.0636 e. The molecule has 0 radical (unpaired) electrons. The zero-order chi connectivity index (χ0) is 18.0. The van der Waals surface area contributed by atoms with Crippen LogP contribution in [0.4, 0.5) is 5.69 Å². The lowest BCUT2D eigenvalue weighted by Crippen LogP contribution is -2.41. The van der Waals surface area contributed by atoms with Gasteiger partial charge in [0.1, 0.15) is 0 Å². The van der Waals surface area contributed by atoms with Crippen LogP contribution in [0.1, 0.15) is 36.6 Å². The number of piperidine rings is 1. The van der Waals surface area contributed by atoms with Gasteiger partial charge >= 0.3 is 0 Å². The molecule has 0 spiro atoms. The van der Waals surface area contributed by atoms with Gasteiger partial charge in [-0.15, -0.1) is 0 Å². The van der Waals surface area contributed by atoms with Crippen LogP contribution in [0.15, 0.2) is 53.7 Å². The van der Waals surface area contributed by atoms with Crippen molar-refractivity contribution in [3.63, 3.8) is 0 Å². The Hall–Kier alpha value is -2.04. The van der Waals surface area contributed by atoms with Crippen molar-refractivity contribution in [3.8, 4) is 0 Å². The summed E-state index contributed by atoms with van der Waals surface area (Å²) < 4.78 is 0. The van der Waals surface area contributed by atoms with Crippen molar-refractivity contribution in [2.75, 3.05) is 19.0 Å². The van der Waals surface area contributed by atoms with E-state index in [4.69, 9.17) is 11.6 Å². The minimum atomic E-state index is 0.0940. The van der Waals surface area contributed by atoms with Gasteiger partial charge in [-0.2, -0.15) is 0 Å². The molecule has 3 atom stereocenters. The standard InChI is InChI=1S/C20H24ClN3O/c1-13-18(23-25)12-19(14-4-8-16(21)9-5-14)22-20(13)15-6-10-17(11-7-15)24(2)3/h4-11,13,19-20,22,25H,12H2,1-3H3/b23-18+. The van der Waals surface area contributed by atoms with Crippen molar-refractivity contribution < 1.29 is 5.21 Å². The van der Waals surface area contributed by atoms with Gasteiger partial charge in [-0.3, -0.25) is 0 Å². The van der Waals surface area contributed by atoms with E-state index in [1.54, 1.807) is 0 Å². The molecule has 3 rings (SSSR count). The first kappa shape index (κ1) is 17.8. The van der Waals surface area contributed by atoms with Gasteiger partial charge in [0.2, 0.25) is 0 Å². The molecule has 2 aromatic rings. The molecule has 1 heterocycles. The zero-order valence-corrected chi connectivity index (χ0v) is 15.5. The minimum absolute atomic E-state index is 0.0940. The van der Waals surface area contributed by atoms with Crippen molar-refractivity contribution in [2.24, 2.45) is 11.1 Å². The second-order valence-corrected chi connectivity index (χ2v) is 7.26. The molecule has 132 valence electrons. The largest absolute Gasteiger partial charge is 0.411 e. The number of hydrogen-bond donors (Lipinski definition) is 2. The lowest BCUT2D eigenvalue weighted by Gasteiger charge is -2.37. The maximum absolute atomic E-state index is 9.48. The smallest absolute Gasteiger partial charge is 0.0636 e. The summed E-state index contributed by atoms with van der Waals surface area (Å²) in [5, 5.41) is 17.5. The first-order valence-corrected chi connectivity index (χ1v) is 8.87. The van der Waals surface area contributed by atoms with E-state index in [-0.39, 0.29) is 18.0 Å². The lowest BCUT2D eigenvalue weighted by atomic mass is 9.81. The van der Waals surface area contributed by atoms with E-state index in [0.717, 1.165) is 22.0 Å². The number of nitrogens with zero attached hydrogens (tertiary/aromatic N) is 2. The molecule has 0 amide bonds. The third-order valence-electron chi connectivity index (χ3n) is 4.99. The van der Waals surface area contributed by atoms with Crippen molar-refractivity contribution in [2.45, 2.75) is 25.4 Å². The molecule has 1 aliphatic heterocycles. The van der Waals surface area contributed by atoms with E-state index in [2.05, 4.69) is 46.6 Å². The second-order valence-electron chi connectivity index (χ2n) is 6.82. The predicted molar refractivity (Wildman–Crippen MR) is 104 cm³/mol. The second kappa shape index (κ2) is 7.46. The lowest BCUT2D eigenvalue weighted by molar-refractivity contribution is 0.294. The molecule has 0 saturated carbocycles. The topological polar surface area (TPSA) is 47.9 Å². The number of benzene rings is 2. The summed E-state index contributed by atoms with van der Waals surface area (Å²) in [6, 6.07) is 16.5. The monoisotopic (exact) mass is 357 g/mol. The highest BCUT2D eigenvalue weighted by Gasteiger charge is 2.33. The van der Waals surface area contributed by atoms with Crippen LogP contribution in [0.2, 0.25) is 5.02 Å². The van der Waals surface area contributed by atoms with Gasteiger partial charge in [0.15, 0.2) is 0 Å². The van der Waals surface area contributed by atoms with Gasteiger partial charge in [-0.25, -0.2) is 0 Å². The van der Waals surface area contributed by atoms with E-state index in [1.165, 1.54) is 5.56 Å². The number of rotatable bonds is 3. The normalized spacial score (nSPS) is 25.1. The third kappa shape index (κ3) is 3.80. The van der Waals surface area contributed by atoms with Gasteiger partial charge in [0.05, 0.1) is 5.71 Å². The number of hydrogen-bond acceptors (Lipinski definition) is 4. The maximum atomic E-state index is 9.48. The molecule has 2 aromatic carbocycles. The van der Waals surface area contributed by atoms with Crippen LogP contribution in [0, 0.1) is 5.92 Å². The molecule has 0 bridgehead atoms. The van der Waals surface area contributed by atoms with Crippen molar-refractivity contribution >= 4 is 23.0 Å². The fourth-order valence-corrected chi connectivity index (χ4v) is 3.54. The Morgan fingerprint density at radius 1 is 1.04 bits per heavy atom. The molecular weight excluding hydrogens is 334 g/mol. The first-order valence-electron chi connectivity index (χ1n) is 8.49. The summed E-state index contributed by atoms with van der Waals surface area (Å²) in [4.78, 5) is 2.08. The van der Waals surface area contributed by atoms with E-state index < -0.39 is 0 Å². The average molecular weight is 358 g/mol. The van der Waals surface area contributed by atoms with Crippen molar-refractivity contribution in [3.05, 3.63) is 64.7 Å². The Morgan fingerprint density at radius 2 is 1.64 bits per heavy atom. The van der Waals surface area contributed by atoms with E-state index >= 15 is 0 Å². The van der Waals surface area contributed by atoms with Crippen LogP contribution >= 0.6 is 11.6 Å². The van der Waals surface area contributed by atoms with Crippen molar-refractivity contribution in [1.29, 1.82) is 0 Å². The Bertz CT molecular complexity index is 741. The third-order valence-corrected chi connectivity index (χ3v) is 5.24. The summed E-state index contributed by atoms with van der Waals surface area (Å²) in [6.45, 7) is 2.10. The van der Waals surface area contributed by atoms with Gasteiger partial charge in [-0.05, 0) is 35.4 Å². The van der Waals surface area contributed by atoms with E-state index in [0.29, 0.717) is 6.42 Å². The molecule has 2 N–H and O–H groups in total. The molecule has 1 aliphatic rings. The zero-order valence-electron chi connectivity index (χ0n) is 14.8. The fraction of sp³-hybridized carbons (Fsp3) is 0.350. The Labute approximate surface area is 154 Å². The highest BCUT2D eigenvalue weighted by molar-refractivity contribution is 6.30. The molecule has 4 nitrogen and oxygen atoms in total. The highest BCUT2D eigenvalue weighted by Crippen LogP contribution is 2.36. The quantitative estimate of drug-likeness (QED) is 0.621. The van der Waals surface area contributed by atoms with Gasteiger partial charge in [-0.1, -0.05) is 47.9 Å². The van der Waals surface area contributed by atoms with Crippen LogP contribution in [-0.4, -0.2) is 25.0 Å². The van der Waals surface area contributed by atoms with Crippen molar-refractivity contribution in [1.82, 2.24) is 5.32 Å². The fourth-order valence-electron chi connectivity index (χ4n) is 3.41. The SMILES string of the molecule is CC1/C(=N/O)CC(c2ccc(Cl)cc2)NC1c1ccc(N(C)C)cc1. The number of anilines is 1. The Balaban J connectivity index is 1.90. The van der Waals surface area contributed by atoms with Crippen LogP contribution < -0.4 is 10.2 Å². The molecule has 1 saturated heterocycles. The summed E-state index contributed by atoms with van der Waals surface area (Å²) in [5.74, 6) is 0.124. The average Bonchev–Trinajstić information content (AvgIpc) is 2.63. The molecule has 0 aliphatic carbocycles. The predicted octanol–water partition coefficient (Wildman–Crippen LogP) is 4.65. The summed E-state index contributed by atoms with van der Waals surface area (Å²) >= 11 is 6.01. The van der Waals surface area contributed by atoms with Gasteiger partial charge in [0, 0.05) is 49.2 Å². The van der Waals surface area contributed by atoms with Crippen LogP contribution in [0.25, 0.3) is 0 Å². The van der Waals surface area contributed by atoms with Crippen LogP contribution in [0.5, 0.6) is 0 Å². The highest BCUT2D eigenvalue weighted by atomic mass is 35.5. The Kier molecular flexibility index (Phi) is 5.30. The van der Waals surface area contributed by atoms with Crippen LogP contribution in [0.3, 0.4) is 0 Å². The first-order chi connectivity index (χ1) is 12.0. The van der Waals surface area contributed by atoms with E-state index in [9.17, 15) is 5.21 Å². The minimum Gasteiger partial charge on any atom is -0.411 e. The van der Waals surface area contributed by atoms with Gasteiger partial charge in [0.25, 0.3) is 0 Å². The summed E-state index contributed by atoms with van der Waals surface area (Å²) in [7, 11) is 4.06. The molecule has 3 unspecified atom stereocenters. The molecular formula is C20H24ClN3O. The molecule has 25 heavy (non-hydrogen) atoms. The van der Waals surface area contributed by atoms with Crippen LogP contribution in [-0.2, 0) is 0 Å². The van der Waals surface area contributed by atoms with E-state index in [1.807, 2.05) is 38.4 Å².